The first-order valence-electron chi connectivity index (χ1n) is 13.4. The lowest BCUT2D eigenvalue weighted by Crippen LogP contribution is -2.30. The van der Waals surface area contributed by atoms with Gasteiger partial charge in [0.1, 0.15) is 24.0 Å². The van der Waals surface area contributed by atoms with E-state index in [1.807, 2.05) is 25.2 Å². The molecule has 2 aromatic heterocycles. The van der Waals surface area contributed by atoms with Gasteiger partial charge in [-0.15, -0.1) is 0 Å². The lowest BCUT2D eigenvalue weighted by atomic mass is 9.86. The maximum atomic E-state index is 15.6. The minimum absolute atomic E-state index is 0.0904. The van der Waals surface area contributed by atoms with Crippen molar-refractivity contribution >= 4 is 21.9 Å². The summed E-state index contributed by atoms with van der Waals surface area (Å²) >= 11 is 0. The van der Waals surface area contributed by atoms with Gasteiger partial charge in [0, 0.05) is 22.9 Å². The van der Waals surface area contributed by atoms with E-state index in [1.54, 1.807) is 6.07 Å². The van der Waals surface area contributed by atoms with Crippen molar-refractivity contribution in [1.29, 1.82) is 0 Å². The van der Waals surface area contributed by atoms with E-state index in [4.69, 9.17) is 4.42 Å². The van der Waals surface area contributed by atoms with Gasteiger partial charge in [0.25, 0.3) is 0 Å². The molecule has 0 bridgehead atoms. The van der Waals surface area contributed by atoms with Gasteiger partial charge in [-0.05, 0) is 70.8 Å². The van der Waals surface area contributed by atoms with E-state index in [0.717, 1.165) is 49.9 Å². The van der Waals surface area contributed by atoms with Crippen molar-refractivity contribution in [3.63, 3.8) is 0 Å². The highest BCUT2D eigenvalue weighted by Crippen LogP contribution is 2.42. The second-order valence-electron chi connectivity index (χ2n) is 11.6. The molecule has 0 aliphatic rings. The topological polar surface area (TPSA) is 17.0 Å². The lowest BCUT2D eigenvalue weighted by Gasteiger charge is -2.19. The Hall–Kier alpha value is -4.24. The van der Waals surface area contributed by atoms with E-state index in [-0.39, 0.29) is 11.2 Å². The second-order valence-corrected chi connectivity index (χ2v) is 11.6. The van der Waals surface area contributed by atoms with Crippen molar-refractivity contribution in [2.24, 2.45) is 7.05 Å². The predicted molar refractivity (Wildman–Crippen MR) is 159 cm³/mol. The van der Waals surface area contributed by atoms with Crippen LogP contribution >= 0.6 is 0 Å². The van der Waals surface area contributed by atoms with Crippen molar-refractivity contribution in [2.45, 2.75) is 40.0 Å². The van der Waals surface area contributed by atoms with Crippen molar-refractivity contribution in [2.75, 3.05) is 0 Å². The Bertz CT molecular complexity index is 1870. The summed E-state index contributed by atoms with van der Waals surface area (Å²) in [5.41, 5.74) is 10.6. The van der Waals surface area contributed by atoms with Gasteiger partial charge < -0.3 is 4.42 Å². The van der Waals surface area contributed by atoms with Crippen LogP contribution in [0.1, 0.15) is 37.5 Å². The molecule has 0 aliphatic carbocycles. The minimum atomic E-state index is -0.291. The van der Waals surface area contributed by atoms with Gasteiger partial charge in [0.15, 0.2) is 6.20 Å². The number of furan rings is 1. The Balaban J connectivity index is 1.55. The van der Waals surface area contributed by atoms with Gasteiger partial charge in [0.05, 0.1) is 11.1 Å². The zero-order valence-electron chi connectivity index (χ0n) is 23.4. The smallest absolute Gasteiger partial charge is 0.216 e. The zero-order valence-corrected chi connectivity index (χ0v) is 23.4. The van der Waals surface area contributed by atoms with Gasteiger partial charge in [-0.2, -0.15) is 0 Å². The molecule has 6 rings (SSSR count). The first kappa shape index (κ1) is 25.1. The summed E-state index contributed by atoms with van der Waals surface area (Å²) in [4.78, 5) is 0. The number of halogens is 1. The molecule has 194 valence electrons. The number of hydrogen-bond acceptors (Lipinski definition) is 1. The summed E-state index contributed by atoms with van der Waals surface area (Å²) in [6.45, 7) is 10.8. The molecule has 0 spiro atoms. The Morgan fingerprint density at radius 2 is 1.36 bits per heavy atom. The molecule has 4 aromatic carbocycles. The lowest BCUT2D eigenvalue weighted by molar-refractivity contribution is -0.660. The Kier molecular flexibility index (Phi) is 5.91. The van der Waals surface area contributed by atoms with Gasteiger partial charge in [-0.25, -0.2) is 8.96 Å². The van der Waals surface area contributed by atoms with Crippen LogP contribution in [0.3, 0.4) is 0 Å². The number of benzene rings is 4. The fraction of sp³-hybridized carbons (Fsp3) is 0.194. The van der Waals surface area contributed by atoms with Crippen LogP contribution < -0.4 is 4.57 Å². The summed E-state index contributed by atoms with van der Waals surface area (Å²) in [7, 11) is 2.04. The number of aryl methyl sites for hydroxylation is 3. The molecular formula is C36H33FNO+. The fourth-order valence-corrected chi connectivity index (χ4v) is 5.51. The number of pyridine rings is 1. The summed E-state index contributed by atoms with van der Waals surface area (Å²) in [5, 5.41) is 1.90. The Morgan fingerprint density at radius 1 is 0.692 bits per heavy atom. The monoisotopic (exact) mass is 514 g/mol. The van der Waals surface area contributed by atoms with Gasteiger partial charge in [-0.3, -0.25) is 0 Å². The van der Waals surface area contributed by atoms with Crippen molar-refractivity contribution in [3.8, 4) is 33.5 Å². The Morgan fingerprint density at radius 3 is 2.08 bits per heavy atom. The molecule has 0 fully saturated rings. The first-order chi connectivity index (χ1) is 18.6. The quantitative estimate of drug-likeness (QED) is 0.215. The van der Waals surface area contributed by atoms with E-state index in [9.17, 15) is 0 Å². The van der Waals surface area contributed by atoms with E-state index >= 15 is 4.39 Å². The third-order valence-corrected chi connectivity index (χ3v) is 7.76. The fourth-order valence-electron chi connectivity index (χ4n) is 5.51. The molecule has 0 unspecified atom stereocenters. The van der Waals surface area contributed by atoms with Crippen LogP contribution in [0.25, 0.3) is 55.4 Å². The molecule has 0 saturated heterocycles. The van der Waals surface area contributed by atoms with E-state index in [1.165, 1.54) is 11.1 Å². The van der Waals surface area contributed by atoms with Gasteiger partial charge in [0.2, 0.25) is 5.69 Å². The molecule has 6 aromatic rings. The van der Waals surface area contributed by atoms with Crippen LogP contribution in [-0.4, -0.2) is 0 Å². The van der Waals surface area contributed by atoms with Crippen LogP contribution in [0.5, 0.6) is 0 Å². The zero-order chi connectivity index (χ0) is 27.5. The summed E-state index contributed by atoms with van der Waals surface area (Å²) in [5.74, 6) is -0.291. The Labute approximate surface area is 229 Å². The van der Waals surface area contributed by atoms with Crippen LogP contribution in [0.4, 0.5) is 4.39 Å². The molecular weight excluding hydrogens is 481 g/mol. The number of aromatic nitrogens is 1. The first-order valence-corrected chi connectivity index (χ1v) is 13.4. The SMILES string of the molecule is Cc1cc[n+](C)c(-c2c(C)ccc3c2oc2c(-c4cccc(-c5ccc(C(C)(C)C)cc5)c4)c(F)ccc23)c1. The molecule has 0 saturated carbocycles. The van der Waals surface area contributed by atoms with Crippen LogP contribution in [0.15, 0.2) is 95.5 Å². The second kappa shape index (κ2) is 9.20. The van der Waals surface area contributed by atoms with Crippen LogP contribution in [0.2, 0.25) is 0 Å². The molecule has 0 amide bonds. The number of nitrogens with zero attached hydrogens (tertiary/aromatic N) is 1. The molecule has 2 heterocycles. The number of rotatable bonds is 3. The predicted octanol–water partition coefficient (Wildman–Crippen LogP) is 9.46. The normalized spacial score (nSPS) is 12.0. The number of fused-ring (bicyclic) bond motifs is 3. The van der Waals surface area contributed by atoms with Crippen LogP contribution in [-0.2, 0) is 12.5 Å². The summed E-state index contributed by atoms with van der Waals surface area (Å²) in [6, 6.07) is 28.6. The van der Waals surface area contributed by atoms with E-state index < -0.39 is 0 Å². The van der Waals surface area contributed by atoms with Gasteiger partial charge in [-0.1, -0.05) is 75.4 Å². The third-order valence-electron chi connectivity index (χ3n) is 7.76. The molecule has 2 nitrogen and oxygen atoms in total. The average Bonchev–Trinajstić information content (AvgIpc) is 3.28. The van der Waals surface area contributed by atoms with E-state index in [0.29, 0.717) is 11.1 Å². The summed E-state index contributed by atoms with van der Waals surface area (Å²) in [6.07, 6.45) is 2.07. The molecule has 3 heteroatoms. The maximum Gasteiger partial charge on any atom is 0.216 e. The molecule has 0 aliphatic heterocycles. The van der Waals surface area contributed by atoms with Crippen LogP contribution in [0, 0.1) is 19.7 Å². The molecule has 0 radical (unpaired) electrons. The van der Waals surface area contributed by atoms with Crippen molar-refractivity contribution < 1.29 is 13.4 Å². The number of hydrogen-bond donors (Lipinski definition) is 0. The molecule has 0 atom stereocenters. The third kappa shape index (κ3) is 4.32. The highest BCUT2D eigenvalue weighted by atomic mass is 19.1. The standard InChI is InChI=1S/C36H33FNO/c1-22-18-19-38(6)31(20-22)32-23(2)10-15-28-29-16-17-30(37)33(35(29)39-34(28)32)26-9-7-8-25(21-26)24-11-13-27(14-12-24)36(3,4)5/h7-21H,1-6H3/q+1. The van der Waals surface area contributed by atoms with Gasteiger partial charge >= 0.3 is 0 Å². The van der Waals surface area contributed by atoms with Crippen molar-refractivity contribution in [3.05, 3.63) is 114 Å². The molecule has 39 heavy (non-hydrogen) atoms. The molecule has 0 N–H and O–H groups in total. The van der Waals surface area contributed by atoms with Crippen molar-refractivity contribution in [1.82, 2.24) is 0 Å². The average molecular weight is 515 g/mol. The summed E-state index contributed by atoms with van der Waals surface area (Å²) < 4.78 is 24.3. The highest BCUT2D eigenvalue weighted by Gasteiger charge is 2.23. The largest absolute Gasteiger partial charge is 0.454 e. The van der Waals surface area contributed by atoms with E-state index in [2.05, 4.69) is 106 Å². The highest BCUT2D eigenvalue weighted by molar-refractivity contribution is 6.13. The minimum Gasteiger partial charge on any atom is -0.454 e. The maximum absolute atomic E-state index is 15.6.